The van der Waals surface area contributed by atoms with Gasteiger partial charge in [-0.15, -0.1) is 0 Å². The van der Waals surface area contributed by atoms with E-state index in [1.54, 1.807) is 12.1 Å². The van der Waals surface area contributed by atoms with Crippen molar-refractivity contribution in [3.63, 3.8) is 0 Å². The zero-order chi connectivity index (χ0) is 36.3. The van der Waals surface area contributed by atoms with Crippen LogP contribution >= 0.6 is 0 Å². The summed E-state index contributed by atoms with van der Waals surface area (Å²) in [6.07, 6.45) is -5.42. The minimum atomic E-state index is -5.24. The fraction of sp³-hybridized carbons (Fsp3) is 0.294. The number of nitrogens with one attached hydrogen (secondary N) is 3. The van der Waals surface area contributed by atoms with Gasteiger partial charge in [-0.05, 0) is 65.6 Å². The van der Waals surface area contributed by atoms with Gasteiger partial charge in [0, 0.05) is 12.0 Å². The summed E-state index contributed by atoms with van der Waals surface area (Å²) < 4.78 is 50.3. The predicted octanol–water partition coefficient (Wildman–Crippen LogP) is 3.50. The van der Waals surface area contributed by atoms with Gasteiger partial charge >= 0.3 is 12.1 Å². The molecule has 0 bridgehead atoms. The number of aliphatic carboxylic acids is 1. The molecule has 3 amide bonds. The van der Waals surface area contributed by atoms with Crippen molar-refractivity contribution in [1.29, 1.82) is 5.26 Å². The molecule has 15 heteroatoms. The highest BCUT2D eigenvalue weighted by Crippen LogP contribution is 2.24. The Bertz CT molecular complexity index is 1700. The molecular formula is C34H33F3N4O8. The van der Waals surface area contributed by atoms with Crippen LogP contribution in [0.3, 0.4) is 0 Å². The highest BCUT2D eigenvalue weighted by atomic mass is 19.4. The Morgan fingerprint density at radius 1 is 0.878 bits per heavy atom. The van der Waals surface area contributed by atoms with Gasteiger partial charge in [0.1, 0.15) is 23.6 Å². The fourth-order valence-corrected chi connectivity index (χ4v) is 4.59. The van der Waals surface area contributed by atoms with Gasteiger partial charge in [0.2, 0.25) is 11.8 Å². The van der Waals surface area contributed by atoms with Crippen molar-refractivity contribution in [3.05, 3.63) is 95.1 Å². The molecular weight excluding hydrogens is 649 g/mol. The summed E-state index contributed by atoms with van der Waals surface area (Å²) in [5.74, 6) is -6.59. The van der Waals surface area contributed by atoms with E-state index in [0.29, 0.717) is 11.3 Å². The normalized spacial score (nSPS) is 12.9. The van der Waals surface area contributed by atoms with Crippen LogP contribution in [0.2, 0.25) is 0 Å². The van der Waals surface area contributed by atoms with E-state index in [1.807, 2.05) is 6.07 Å². The molecule has 3 aromatic carbocycles. The molecule has 0 heterocycles. The van der Waals surface area contributed by atoms with E-state index in [1.165, 1.54) is 81.6 Å². The molecule has 0 radical (unpaired) electrons. The number of benzene rings is 3. The van der Waals surface area contributed by atoms with Crippen LogP contribution < -0.4 is 25.4 Å². The first kappa shape index (κ1) is 37.5. The van der Waals surface area contributed by atoms with E-state index in [2.05, 4.69) is 16.0 Å². The van der Waals surface area contributed by atoms with E-state index in [-0.39, 0.29) is 28.9 Å². The third-order valence-corrected chi connectivity index (χ3v) is 7.12. The average Bonchev–Trinajstić information content (AvgIpc) is 3.07. The van der Waals surface area contributed by atoms with Crippen LogP contribution in [0.15, 0.2) is 72.8 Å². The molecule has 0 aliphatic heterocycles. The molecule has 3 aromatic rings. The second kappa shape index (κ2) is 16.8. The Labute approximate surface area is 279 Å². The fourth-order valence-electron chi connectivity index (χ4n) is 4.59. The third kappa shape index (κ3) is 10.8. The lowest BCUT2D eigenvalue weighted by Gasteiger charge is -2.27. The number of carboxylic acid groups (broad SMARTS) is 1. The second-order valence-corrected chi connectivity index (χ2v) is 11.1. The largest absolute Gasteiger partial charge is 0.497 e. The summed E-state index contributed by atoms with van der Waals surface area (Å²) in [6.45, 7) is 2.03. The summed E-state index contributed by atoms with van der Waals surface area (Å²) >= 11 is 0. The summed E-state index contributed by atoms with van der Waals surface area (Å²) in [7, 11) is 1.39. The maximum absolute atomic E-state index is 13.9. The molecule has 3 rings (SSSR count). The Morgan fingerprint density at radius 3 is 2.06 bits per heavy atom. The number of nitriles is 1. The number of methoxy groups -OCH3 is 1. The van der Waals surface area contributed by atoms with Crippen molar-refractivity contribution in [2.45, 2.75) is 44.6 Å². The Balaban J connectivity index is 1.96. The molecule has 4 N–H and O–H groups in total. The number of rotatable bonds is 15. The number of ketones is 1. The lowest BCUT2D eigenvalue weighted by molar-refractivity contribution is -0.175. The zero-order valence-electron chi connectivity index (χ0n) is 26.5. The second-order valence-electron chi connectivity index (χ2n) is 11.1. The molecule has 0 unspecified atom stereocenters. The Kier molecular flexibility index (Phi) is 12.9. The molecule has 0 aromatic heterocycles. The van der Waals surface area contributed by atoms with Crippen molar-refractivity contribution in [3.8, 4) is 17.6 Å². The van der Waals surface area contributed by atoms with Crippen molar-refractivity contribution in [2.24, 2.45) is 5.92 Å². The first-order chi connectivity index (χ1) is 23.1. The highest BCUT2D eigenvalue weighted by Gasteiger charge is 2.45. The molecule has 0 saturated heterocycles. The van der Waals surface area contributed by atoms with Gasteiger partial charge in [-0.2, -0.15) is 18.4 Å². The predicted molar refractivity (Wildman–Crippen MR) is 167 cm³/mol. The maximum atomic E-state index is 13.9. The van der Waals surface area contributed by atoms with Gasteiger partial charge in [0.25, 0.3) is 11.7 Å². The molecule has 0 aliphatic rings. The van der Waals surface area contributed by atoms with E-state index >= 15 is 0 Å². The smallest absolute Gasteiger partial charge is 0.452 e. The molecule has 0 spiro atoms. The van der Waals surface area contributed by atoms with E-state index in [9.17, 15) is 42.4 Å². The standard InChI is InChI=1S/C34H33F3N4O8/c1-19(2)28(30(44)34(35,36)37)40-33(47)29(22-7-11-24(48-3)12-8-22)41-32(46)26(16-20-5-4-6-21(15-20)17-38)39-31(45)23-9-13-25(14-10-23)49-18-27(42)43/h4-15,19,26,28-29H,16,18H2,1-3H3,(H,39,45)(H,40,47)(H,41,46)(H,42,43)/t26-,28-,29-/m0/s1. The number of Topliss-reactive ketones (excluding diaryl/α,β-unsaturated/α-hetero) is 1. The quantitative estimate of drug-likeness (QED) is 0.186. The van der Waals surface area contributed by atoms with Crippen LogP contribution in [0.4, 0.5) is 13.2 Å². The van der Waals surface area contributed by atoms with Crippen LogP contribution in [0.25, 0.3) is 0 Å². The summed E-state index contributed by atoms with van der Waals surface area (Å²) in [5, 5.41) is 25.3. The molecule has 0 fully saturated rings. The lowest BCUT2D eigenvalue weighted by Crippen LogP contribution is -2.55. The summed E-state index contributed by atoms with van der Waals surface area (Å²) in [6, 6.07) is 14.3. The summed E-state index contributed by atoms with van der Waals surface area (Å²) in [4.78, 5) is 63.7. The minimum absolute atomic E-state index is 0.0566. The zero-order valence-corrected chi connectivity index (χ0v) is 26.5. The summed E-state index contributed by atoms with van der Waals surface area (Å²) in [5.41, 5.74) is 0.908. The third-order valence-electron chi connectivity index (χ3n) is 7.12. The highest BCUT2D eigenvalue weighted by molar-refractivity contribution is 5.99. The molecule has 258 valence electrons. The van der Waals surface area contributed by atoms with Gasteiger partial charge in [0.05, 0.1) is 24.8 Å². The Hall–Kier alpha value is -5.91. The average molecular weight is 683 g/mol. The topological polar surface area (TPSA) is 184 Å². The van der Waals surface area contributed by atoms with Crippen molar-refractivity contribution in [1.82, 2.24) is 16.0 Å². The number of halogens is 3. The van der Waals surface area contributed by atoms with Gasteiger partial charge in [0.15, 0.2) is 6.61 Å². The lowest BCUT2D eigenvalue weighted by atomic mass is 9.97. The number of hydrogen-bond donors (Lipinski definition) is 4. The SMILES string of the molecule is COc1ccc([C@H](NC(=O)[C@H](Cc2cccc(C#N)c2)NC(=O)c2ccc(OCC(=O)O)cc2)C(=O)N[C@H](C(=O)C(F)(F)F)C(C)C)cc1. The number of ether oxygens (including phenoxy) is 2. The van der Waals surface area contributed by atoms with Crippen LogP contribution in [-0.2, 0) is 25.6 Å². The number of carbonyl (C=O) groups excluding carboxylic acids is 4. The number of hydrogen-bond acceptors (Lipinski definition) is 8. The van der Waals surface area contributed by atoms with Gasteiger partial charge in [-0.25, -0.2) is 4.79 Å². The number of nitrogens with zero attached hydrogens (tertiary/aromatic N) is 1. The van der Waals surface area contributed by atoms with Gasteiger partial charge in [-0.1, -0.05) is 38.1 Å². The first-order valence-electron chi connectivity index (χ1n) is 14.7. The number of amides is 3. The molecule has 12 nitrogen and oxygen atoms in total. The van der Waals surface area contributed by atoms with Crippen LogP contribution in [0.5, 0.6) is 11.5 Å². The van der Waals surface area contributed by atoms with Crippen molar-refractivity contribution < 1.29 is 51.7 Å². The number of alkyl halides is 3. The Morgan fingerprint density at radius 2 is 1.51 bits per heavy atom. The van der Waals surface area contributed by atoms with Crippen LogP contribution in [-0.4, -0.2) is 66.6 Å². The maximum Gasteiger partial charge on any atom is 0.452 e. The van der Waals surface area contributed by atoms with Crippen LogP contribution in [0, 0.1) is 17.2 Å². The van der Waals surface area contributed by atoms with E-state index in [4.69, 9.17) is 14.6 Å². The van der Waals surface area contributed by atoms with Crippen LogP contribution in [0.1, 0.15) is 46.9 Å². The molecule has 0 saturated carbocycles. The molecule has 3 atom stereocenters. The van der Waals surface area contributed by atoms with Gasteiger partial charge < -0.3 is 30.5 Å². The van der Waals surface area contributed by atoms with Gasteiger partial charge in [-0.3, -0.25) is 19.2 Å². The molecule has 0 aliphatic carbocycles. The number of carbonyl (C=O) groups is 5. The number of carboxylic acids is 1. The van der Waals surface area contributed by atoms with E-state index < -0.39 is 66.3 Å². The van der Waals surface area contributed by atoms with E-state index in [0.717, 1.165) is 0 Å². The molecule has 49 heavy (non-hydrogen) atoms. The van der Waals surface area contributed by atoms with Crippen molar-refractivity contribution in [2.75, 3.05) is 13.7 Å². The minimum Gasteiger partial charge on any atom is -0.497 e. The monoisotopic (exact) mass is 682 g/mol. The van der Waals surface area contributed by atoms with Crippen molar-refractivity contribution >= 4 is 29.5 Å². The first-order valence-corrected chi connectivity index (χ1v) is 14.7.